The van der Waals surface area contributed by atoms with E-state index in [2.05, 4.69) is 36.0 Å². The summed E-state index contributed by atoms with van der Waals surface area (Å²) in [7, 11) is 0. The molecular weight excluding hydrogens is 302 g/mol. The first-order valence-corrected chi connectivity index (χ1v) is 8.11. The number of esters is 1. The number of carbonyl (C=O) groups is 2. The van der Waals surface area contributed by atoms with Crippen LogP contribution in [0.1, 0.15) is 37.7 Å². The van der Waals surface area contributed by atoms with E-state index in [0.717, 1.165) is 13.0 Å². The number of hydrogen-bond donors (Lipinski definition) is 2. The molecule has 1 rings (SSSR count). The molecule has 0 aliphatic heterocycles. The van der Waals surface area contributed by atoms with E-state index in [0.29, 0.717) is 17.6 Å². The number of carbonyl (C=O) groups excluding carboxylic acids is 2. The predicted molar refractivity (Wildman–Crippen MR) is 88.1 cm³/mol. The van der Waals surface area contributed by atoms with Crippen molar-refractivity contribution in [2.75, 3.05) is 18.4 Å². The number of hydrogen-bond acceptors (Lipinski definition) is 6. The Hall–Kier alpha value is -1.89. The average molecular weight is 325 g/mol. The maximum Gasteiger partial charge on any atom is 0.358 e. The van der Waals surface area contributed by atoms with E-state index in [1.54, 1.807) is 11.5 Å². The van der Waals surface area contributed by atoms with Crippen LogP contribution in [0.5, 0.6) is 0 Å². The van der Waals surface area contributed by atoms with E-state index in [1.165, 1.54) is 18.3 Å². The summed E-state index contributed by atoms with van der Waals surface area (Å²) in [5.41, 5.74) is 0.209. The topological polar surface area (TPSA) is 80.3 Å². The van der Waals surface area contributed by atoms with Crippen LogP contribution in [0.25, 0.3) is 0 Å². The van der Waals surface area contributed by atoms with Gasteiger partial charge < -0.3 is 15.4 Å². The van der Waals surface area contributed by atoms with Gasteiger partial charge in [-0.25, -0.2) is 9.78 Å². The highest BCUT2D eigenvalue weighted by Crippen LogP contribution is 2.17. The Morgan fingerprint density at radius 3 is 2.82 bits per heavy atom. The summed E-state index contributed by atoms with van der Waals surface area (Å²) in [6.45, 7) is 10.4. The molecule has 1 aromatic heterocycles. The highest BCUT2D eigenvalue weighted by Gasteiger charge is 2.20. The molecule has 0 aliphatic carbocycles. The number of nitrogens with zero attached hydrogens (tertiary/aromatic N) is 1. The number of thiazole rings is 1. The molecular formula is C15H23N3O3S. The lowest BCUT2D eigenvalue weighted by molar-refractivity contribution is -0.128. The number of nitrogens with one attached hydrogen (secondary N) is 2. The largest absolute Gasteiger partial charge is 0.448 e. The summed E-state index contributed by atoms with van der Waals surface area (Å²) in [5.74, 6) is -0.361. The van der Waals surface area contributed by atoms with Gasteiger partial charge >= 0.3 is 5.97 Å². The maximum absolute atomic E-state index is 11.9. The normalized spacial score (nSPS) is 11.8. The van der Waals surface area contributed by atoms with Crippen molar-refractivity contribution in [3.63, 3.8) is 0 Å². The molecule has 122 valence electrons. The minimum absolute atomic E-state index is 0.209. The molecule has 0 unspecified atom stereocenters. The second kappa shape index (κ2) is 9.19. The van der Waals surface area contributed by atoms with Crippen LogP contribution in [-0.2, 0) is 9.53 Å². The molecule has 0 radical (unpaired) electrons. The van der Waals surface area contributed by atoms with Gasteiger partial charge in [-0.15, -0.1) is 17.9 Å². The minimum atomic E-state index is -0.869. The molecule has 1 aromatic rings. The molecule has 0 spiro atoms. The van der Waals surface area contributed by atoms with Crippen molar-refractivity contribution < 1.29 is 14.3 Å². The number of amides is 1. The molecule has 1 amide bonds. The Morgan fingerprint density at radius 2 is 2.18 bits per heavy atom. The number of rotatable bonds is 9. The third-order valence-electron chi connectivity index (χ3n) is 2.78. The lowest BCUT2D eigenvalue weighted by Crippen LogP contribution is -2.35. The molecule has 1 atom stereocenters. The second-order valence-electron chi connectivity index (χ2n) is 5.23. The Labute approximate surface area is 135 Å². The highest BCUT2D eigenvalue weighted by molar-refractivity contribution is 7.13. The maximum atomic E-state index is 11.9. The zero-order valence-electron chi connectivity index (χ0n) is 13.2. The van der Waals surface area contributed by atoms with Crippen LogP contribution in [0.2, 0.25) is 0 Å². The smallest absolute Gasteiger partial charge is 0.358 e. The van der Waals surface area contributed by atoms with E-state index >= 15 is 0 Å². The third kappa shape index (κ3) is 6.26. The first-order chi connectivity index (χ1) is 10.4. The molecule has 22 heavy (non-hydrogen) atoms. The molecule has 0 saturated heterocycles. The zero-order valence-corrected chi connectivity index (χ0v) is 14.0. The molecule has 0 fully saturated rings. The second-order valence-corrected chi connectivity index (χ2v) is 6.09. The van der Waals surface area contributed by atoms with Crippen LogP contribution in [0.4, 0.5) is 5.13 Å². The summed E-state index contributed by atoms with van der Waals surface area (Å²) < 4.78 is 5.08. The van der Waals surface area contributed by atoms with E-state index in [4.69, 9.17) is 4.74 Å². The lowest BCUT2D eigenvalue weighted by Gasteiger charge is -2.11. The number of ether oxygens (including phenoxy) is 1. The van der Waals surface area contributed by atoms with Crippen molar-refractivity contribution in [3.8, 4) is 0 Å². The molecule has 1 heterocycles. The van der Waals surface area contributed by atoms with Gasteiger partial charge in [-0.1, -0.05) is 19.9 Å². The fourth-order valence-corrected chi connectivity index (χ4v) is 2.22. The first-order valence-electron chi connectivity index (χ1n) is 7.23. The van der Waals surface area contributed by atoms with Gasteiger partial charge in [0, 0.05) is 18.5 Å². The highest BCUT2D eigenvalue weighted by atomic mass is 32.1. The van der Waals surface area contributed by atoms with Crippen molar-refractivity contribution in [3.05, 3.63) is 23.7 Å². The zero-order chi connectivity index (χ0) is 16.5. The first kappa shape index (κ1) is 18.2. The van der Waals surface area contributed by atoms with Gasteiger partial charge in [0.25, 0.3) is 5.91 Å². The van der Waals surface area contributed by atoms with Gasteiger partial charge in [-0.3, -0.25) is 4.79 Å². The van der Waals surface area contributed by atoms with Crippen LogP contribution in [0, 0.1) is 5.92 Å². The molecule has 0 saturated carbocycles. The van der Waals surface area contributed by atoms with Gasteiger partial charge in [-0.2, -0.15) is 0 Å². The van der Waals surface area contributed by atoms with Crippen molar-refractivity contribution in [1.82, 2.24) is 10.3 Å². The van der Waals surface area contributed by atoms with Gasteiger partial charge in [0.15, 0.2) is 16.9 Å². The Bertz CT molecular complexity index is 514. The van der Waals surface area contributed by atoms with Crippen molar-refractivity contribution >= 4 is 28.3 Å². The Balaban J connectivity index is 2.47. The lowest BCUT2D eigenvalue weighted by atomic mass is 10.1. The monoisotopic (exact) mass is 325 g/mol. The number of anilines is 1. The van der Waals surface area contributed by atoms with Gasteiger partial charge in [0.2, 0.25) is 0 Å². The van der Waals surface area contributed by atoms with Crippen LogP contribution >= 0.6 is 11.3 Å². The van der Waals surface area contributed by atoms with Crippen LogP contribution < -0.4 is 10.6 Å². The van der Waals surface area contributed by atoms with Crippen molar-refractivity contribution in [2.24, 2.45) is 5.92 Å². The molecule has 7 heteroatoms. The Kier molecular flexibility index (Phi) is 7.59. The molecule has 0 aliphatic rings. The molecule has 2 N–H and O–H groups in total. The summed E-state index contributed by atoms with van der Waals surface area (Å²) in [6.07, 6.45) is 1.72. The minimum Gasteiger partial charge on any atom is -0.448 e. The fourth-order valence-electron chi connectivity index (χ4n) is 1.51. The SMILES string of the molecule is C=CCNC(=O)[C@@H](C)OC(=O)c1csc(NCCC(C)C)n1. The third-order valence-corrected chi connectivity index (χ3v) is 3.58. The van der Waals surface area contributed by atoms with Gasteiger partial charge in [-0.05, 0) is 19.3 Å². The number of aromatic nitrogens is 1. The standard InChI is InChI=1S/C15H23N3O3S/c1-5-7-16-13(19)11(4)21-14(20)12-9-22-15(18-12)17-8-6-10(2)3/h5,9-11H,1,6-8H2,2-4H3,(H,16,19)(H,17,18)/t11-/m1/s1. The summed E-state index contributed by atoms with van der Waals surface area (Å²) in [4.78, 5) is 27.7. The summed E-state index contributed by atoms with van der Waals surface area (Å²) in [6, 6.07) is 0. The van der Waals surface area contributed by atoms with E-state index in [9.17, 15) is 9.59 Å². The predicted octanol–water partition coefficient (Wildman–Crippen LogP) is 2.45. The average Bonchev–Trinajstić information content (AvgIpc) is 2.93. The van der Waals surface area contributed by atoms with Crippen LogP contribution in [-0.4, -0.2) is 36.1 Å². The van der Waals surface area contributed by atoms with Gasteiger partial charge in [0.05, 0.1) is 0 Å². The van der Waals surface area contributed by atoms with Crippen molar-refractivity contribution in [2.45, 2.75) is 33.3 Å². The molecule has 6 nitrogen and oxygen atoms in total. The molecule has 0 bridgehead atoms. The van der Waals surface area contributed by atoms with E-state index in [-0.39, 0.29) is 11.6 Å². The van der Waals surface area contributed by atoms with Crippen LogP contribution in [0.15, 0.2) is 18.0 Å². The quantitative estimate of drug-likeness (QED) is 0.538. The van der Waals surface area contributed by atoms with E-state index < -0.39 is 12.1 Å². The summed E-state index contributed by atoms with van der Waals surface area (Å²) in [5, 5.41) is 8.03. The summed E-state index contributed by atoms with van der Waals surface area (Å²) >= 11 is 1.34. The Morgan fingerprint density at radius 1 is 1.45 bits per heavy atom. The van der Waals surface area contributed by atoms with Gasteiger partial charge in [0.1, 0.15) is 0 Å². The van der Waals surface area contributed by atoms with E-state index in [1.807, 2.05) is 0 Å². The van der Waals surface area contributed by atoms with Crippen molar-refractivity contribution in [1.29, 1.82) is 0 Å². The molecule has 0 aromatic carbocycles. The van der Waals surface area contributed by atoms with Crippen LogP contribution in [0.3, 0.4) is 0 Å². The fraction of sp³-hybridized carbons (Fsp3) is 0.533.